The van der Waals surface area contributed by atoms with E-state index in [4.69, 9.17) is 0 Å². The summed E-state index contributed by atoms with van der Waals surface area (Å²) in [5, 5.41) is 5.14. The highest BCUT2D eigenvalue weighted by atomic mass is 15.1. The highest BCUT2D eigenvalue weighted by Gasteiger charge is 2.36. The molecule has 0 unspecified atom stereocenters. The number of anilines is 3. The Kier molecular flexibility index (Phi) is 9.58. The van der Waals surface area contributed by atoms with Crippen LogP contribution < -0.4 is 4.90 Å². The molecule has 0 atom stereocenters. The molecule has 0 fully saturated rings. The van der Waals surface area contributed by atoms with Gasteiger partial charge in [0.25, 0.3) is 0 Å². The van der Waals surface area contributed by atoms with Crippen LogP contribution >= 0.6 is 0 Å². The molecule has 1 aliphatic rings. The van der Waals surface area contributed by atoms with Crippen LogP contribution in [0.3, 0.4) is 0 Å². The van der Waals surface area contributed by atoms with Gasteiger partial charge in [0.1, 0.15) is 0 Å². The third-order valence-electron chi connectivity index (χ3n) is 13.9. The van der Waals surface area contributed by atoms with Crippen molar-refractivity contribution in [1.82, 2.24) is 0 Å². The van der Waals surface area contributed by atoms with Crippen molar-refractivity contribution in [2.45, 2.75) is 19.3 Å². The largest absolute Gasteiger partial charge is 0.310 e. The topological polar surface area (TPSA) is 3.24 Å². The summed E-state index contributed by atoms with van der Waals surface area (Å²) < 4.78 is 0. The molecule has 0 radical (unpaired) electrons. The fourth-order valence-corrected chi connectivity index (χ4v) is 10.4. The molecule has 0 amide bonds. The third-order valence-corrected chi connectivity index (χ3v) is 13.9. The highest BCUT2D eigenvalue weighted by Crippen LogP contribution is 2.52. The molecule has 0 heterocycles. The van der Waals surface area contributed by atoms with Crippen molar-refractivity contribution in [2.75, 3.05) is 4.90 Å². The van der Waals surface area contributed by atoms with Gasteiger partial charge in [0, 0.05) is 22.5 Å². The Bertz CT molecular complexity index is 3570. The molecule has 0 aromatic heterocycles. The van der Waals surface area contributed by atoms with E-state index in [0.29, 0.717) is 0 Å². The lowest BCUT2D eigenvalue weighted by Crippen LogP contribution is -2.16. The third kappa shape index (κ3) is 6.89. The fraction of sp³-hybridized carbons (Fsp3) is 0.0462. The summed E-state index contributed by atoms with van der Waals surface area (Å²) in [5.41, 5.74) is 20.6. The molecule has 0 saturated carbocycles. The number of hydrogen-bond donors (Lipinski definition) is 0. The number of rotatable bonds is 8. The minimum absolute atomic E-state index is 0.224. The monoisotopic (exact) mass is 841 g/mol. The zero-order valence-electron chi connectivity index (χ0n) is 37.1. The minimum Gasteiger partial charge on any atom is -0.310 e. The summed E-state index contributed by atoms with van der Waals surface area (Å²) >= 11 is 0. The first-order chi connectivity index (χ1) is 32.5. The predicted octanol–water partition coefficient (Wildman–Crippen LogP) is 18.1. The molecule has 0 spiro atoms. The average molecular weight is 842 g/mol. The molecule has 1 heteroatoms. The molecule has 0 saturated heterocycles. The van der Waals surface area contributed by atoms with Crippen molar-refractivity contribution >= 4 is 38.6 Å². The van der Waals surface area contributed by atoms with Crippen LogP contribution in [0.1, 0.15) is 25.0 Å². The van der Waals surface area contributed by atoms with Gasteiger partial charge in [0.05, 0.1) is 0 Å². The second-order valence-electron chi connectivity index (χ2n) is 18.1. The van der Waals surface area contributed by atoms with Gasteiger partial charge < -0.3 is 4.90 Å². The first kappa shape index (κ1) is 39.3. The van der Waals surface area contributed by atoms with Crippen molar-refractivity contribution in [3.63, 3.8) is 0 Å². The van der Waals surface area contributed by atoms with Crippen molar-refractivity contribution in [3.8, 4) is 66.8 Å². The molecule has 0 aliphatic heterocycles. The number of hydrogen-bond acceptors (Lipinski definition) is 1. The van der Waals surface area contributed by atoms with E-state index in [0.717, 1.165) is 17.1 Å². The van der Waals surface area contributed by atoms with Gasteiger partial charge in [-0.25, -0.2) is 0 Å². The Morgan fingerprint density at radius 2 is 0.667 bits per heavy atom. The molecule has 66 heavy (non-hydrogen) atoms. The van der Waals surface area contributed by atoms with Gasteiger partial charge in [0.2, 0.25) is 0 Å². The average Bonchev–Trinajstić information content (AvgIpc) is 3.61. The van der Waals surface area contributed by atoms with Gasteiger partial charge in [-0.1, -0.05) is 208 Å². The quantitative estimate of drug-likeness (QED) is 0.138. The lowest BCUT2D eigenvalue weighted by Gasteiger charge is -2.28. The zero-order chi connectivity index (χ0) is 44.2. The molecule has 1 aliphatic carbocycles. The van der Waals surface area contributed by atoms with Gasteiger partial charge in [-0.05, 0) is 154 Å². The summed E-state index contributed by atoms with van der Waals surface area (Å²) in [5.74, 6) is 0. The van der Waals surface area contributed by atoms with Crippen LogP contribution in [-0.2, 0) is 5.41 Å². The SMILES string of the molecule is CC1(C)c2cc(-c3cc4ccccc4c4ccccc34)ccc2-c2ccc(N(c3ccc(-c4ccc(-c5ccccc5)cc4)cc3)c3ccc(-c4cccc(-c5ccccc5)c4)cc3)cc21. The Morgan fingerprint density at radius 1 is 0.258 bits per heavy atom. The molecule has 312 valence electrons. The van der Waals surface area contributed by atoms with E-state index >= 15 is 0 Å². The standard InChI is InChI=1S/C65H47N/c1-65(2)63-42-53(62-41-52-18-9-10-21-57(52)58-22-11-12-23-59(58)62)32-38-60(63)61-39-37-56(43-64(61)65)66(54-33-28-48(29-34-54)47-26-24-46(25-27-47)44-14-5-3-6-15-44)55-35-30-49(31-36-55)51-20-13-19-50(40-51)45-16-7-4-8-17-45/h3-43H,1-2H3. The van der Waals surface area contributed by atoms with Crippen molar-refractivity contribution < 1.29 is 0 Å². The molecule has 0 bridgehead atoms. The predicted molar refractivity (Wildman–Crippen MR) is 281 cm³/mol. The lowest BCUT2D eigenvalue weighted by atomic mass is 9.81. The van der Waals surface area contributed by atoms with Gasteiger partial charge in [0.15, 0.2) is 0 Å². The number of fused-ring (bicyclic) bond motifs is 6. The second kappa shape index (κ2) is 16.1. The smallest absolute Gasteiger partial charge is 0.0465 e. The molecule has 1 nitrogen and oxygen atoms in total. The maximum absolute atomic E-state index is 2.46. The first-order valence-electron chi connectivity index (χ1n) is 23.0. The van der Waals surface area contributed by atoms with Crippen molar-refractivity contribution in [3.05, 3.63) is 260 Å². The first-order valence-corrected chi connectivity index (χ1v) is 23.0. The summed E-state index contributed by atoms with van der Waals surface area (Å²) in [4.78, 5) is 2.42. The highest BCUT2D eigenvalue weighted by molar-refractivity contribution is 6.14. The maximum atomic E-state index is 2.46. The van der Waals surface area contributed by atoms with E-state index in [9.17, 15) is 0 Å². The molecule has 11 aromatic carbocycles. The molecule has 0 N–H and O–H groups in total. The number of nitrogens with zero attached hydrogens (tertiary/aromatic N) is 1. The number of benzene rings is 11. The van der Waals surface area contributed by atoms with Crippen LogP contribution in [0.5, 0.6) is 0 Å². The second-order valence-corrected chi connectivity index (χ2v) is 18.1. The molecule has 11 aromatic rings. The van der Waals surface area contributed by atoms with E-state index < -0.39 is 0 Å². The van der Waals surface area contributed by atoms with E-state index in [1.54, 1.807) is 0 Å². The van der Waals surface area contributed by atoms with Crippen molar-refractivity contribution in [2.24, 2.45) is 0 Å². The van der Waals surface area contributed by atoms with Crippen LogP contribution in [0.25, 0.3) is 88.3 Å². The molecular formula is C65H47N. The van der Waals surface area contributed by atoms with E-state index in [1.165, 1.54) is 99.4 Å². The fourth-order valence-electron chi connectivity index (χ4n) is 10.4. The van der Waals surface area contributed by atoms with Crippen LogP contribution in [-0.4, -0.2) is 0 Å². The van der Waals surface area contributed by atoms with Gasteiger partial charge in [-0.2, -0.15) is 0 Å². The van der Waals surface area contributed by atoms with E-state index in [1.807, 2.05) is 0 Å². The van der Waals surface area contributed by atoms with Crippen LogP contribution in [0.4, 0.5) is 17.1 Å². The Labute approximate surface area is 387 Å². The molecule has 12 rings (SSSR count). The Hall–Kier alpha value is -8.26. The van der Waals surface area contributed by atoms with Gasteiger partial charge in [-0.3, -0.25) is 0 Å². The van der Waals surface area contributed by atoms with Gasteiger partial charge in [-0.15, -0.1) is 0 Å². The summed E-state index contributed by atoms with van der Waals surface area (Å²) in [6, 6.07) is 91.3. The minimum atomic E-state index is -0.224. The Morgan fingerprint density at radius 3 is 1.27 bits per heavy atom. The van der Waals surface area contributed by atoms with Crippen molar-refractivity contribution in [1.29, 1.82) is 0 Å². The molecular weight excluding hydrogens is 795 g/mol. The van der Waals surface area contributed by atoms with E-state index in [-0.39, 0.29) is 5.41 Å². The summed E-state index contributed by atoms with van der Waals surface area (Å²) in [7, 11) is 0. The van der Waals surface area contributed by atoms with Gasteiger partial charge >= 0.3 is 0 Å². The van der Waals surface area contributed by atoms with E-state index in [2.05, 4.69) is 267 Å². The summed E-state index contributed by atoms with van der Waals surface area (Å²) in [6.07, 6.45) is 0. The normalized spacial score (nSPS) is 12.5. The van der Waals surface area contributed by atoms with Crippen LogP contribution in [0.2, 0.25) is 0 Å². The van der Waals surface area contributed by atoms with Crippen LogP contribution in [0.15, 0.2) is 249 Å². The maximum Gasteiger partial charge on any atom is 0.0465 e. The summed E-state index contributed by atoms with van der Waals surface area (Å²) in [6.45, 7) is 4.79. The van der Waals surface area contributed by atoms with Crippen LogP contribution in [0, 0.1) is 0 Å². The lowest BCUT2D eigenvalue weighted by molar-refractivity contribution is 0.660. The zero-order valence-corrected chi connectivity index (χ0v) is 37.1. The Balaban J connectivity index is 0.926.